The summed E-state index contributed by atoms with van der Waals surface area (Å²) in [5.74, 6) is 1.73. The summed E-state index contributed by atoms with van der Waals surface area (Å²) in [7, 11) is 0. The zero-order valence-electron chi connectivity index (χ0n) is 18.8. The fourth-order valence-electron chi connectivity index (χ4n) is 3.61. The normalized spacial score (nSPS) is 15.2. The first-order valence-electron chi connectivity index (χ1n) is 11.1. The van der Waals surface area contributed by atoms with Crippen molar-refractivity contribution in [3.8, 4) is 16.7 Å². The van der Waals surface area contributed by atoms with Crippen molar-refractivity contribution in [2.24, 2.45) is 5.92 Å². The maximum atomic E-state index is 11.8. The van der Waals surface area contributed by atoms with E-state index in [-0.39, 0.29) is 11.8 Å². The van der Waals surface area contributed by atoms with Gasteiger partial charge in [0.05, 0.1) is 4.70 Å². The van der Waals surface area contributed by atoms with Crippen LogP contribution in [-0.4, -0.2) is 53.1 Å². The van der Waals surface area contributed by atoms with Crippen LogP contribution in [0.25, 0.3) is 10.3 Å². The van der Waals surface area contributed by atoms with Crippen molar-refractivity contribution in [1.29, 1.82) is 0 Å². The van der Waals surface area contributed by atoms with Crippen LogP contribution < -0.4 is 14.8 Å². The summed E-state index contributed by atoms with van der Waals surface area (Å²) in [5.41, 5.74) is 1.82. The number of benzene rings is 1. The number of hydrogen-bond donors (Lipinski definition) is 1. The van der Waals surface area contributed by atoms with Gasteiger partial charge in [0.25, 0.3) is 5.19 Å². The number of thiazole rings is 1. The average molecular weight is 455 g/mol. The molecule has 0 spiro atoms. The lowest BCUT2D eigenvalue weighted by Crippen LogP contribution is -2.46. The van der Waals surface area contributed by atoms with E-state index in [1.54, 1.807) is 0 Å². The lowest BCUT2D eigenvalue weighted by atomic mass is 10.0. The summed E-state index contributed by atoms with van der Waals surface area (Å²) in [6, 6.07) is 9.97. The number of nitrogens with one attached hydrogen (secondary N) is 1. The second kappa shape index (κ2) is 10.3. The molecule has 0 radical (unpaired) electrons. The number of hydrogen-bond acceptors (Lipinski definition) is 7. The Bertz CT molecular complexity index is 1040. The van der Waals surface area contributed by atoms with E-state index in [1.165, 1.54) is 11.3 Å². The Balaban J connectivity index is 1.19. The number of ether oxygens (including phenoxy) is 2. The third-order valence-corrected chi connectivity index (χ3v) is 6.40. The van der Waals surface area contributed by atoms with Gasteiger partial charge in [-0.25, -0.2) is 4.98 Å². The lowest BCUT2D eigenvalue weighted by molar-refractivity contribution is -0.125. The number of pyridine rings is 1. The Morgan fingerprint density at radius 1 is 1.22 bits per heavy atom. The standard InChI is InChI=1S/C24H30N4O3S/c1-16(2)23(29)26-18-8-10-28(11-9-18)12-13-30-19-4-6-20(7-5-19)31-24-27-22-21(32-24)14-17(3)15-25-22/h4-7,14-16,18H,8-13H2,1-3H3,(H,26,29). The number of rotatable bonds is 8. The molecule has 0 saturated carbocycles. The molecule has 0 aliphatic carbocycles. The number of aromatic nitrogens is 2. The van der Waals surface area contributed by atoms with Crippen molar-refractivity contribution in [3.05, 3.63) is 42.1 Å². The fraction of sp³-hybridized carbons (Fsp3) is 0.458. The smallest absolute Gasteiger partial charge is 0.281 e. The van der Waals surface area contributed by atoms with E-state index in [0.29, 0.717) is 23.5 Å². The molecular formula is C24H30N4O3S. The van der Waals surface area contributed by atoms with Gasteiger partial charge in [-0.2, -0.15) is 4.98 Å². The molecule has 3 aromatic rings. The Morgan fingerprint density at radius 3 is 2.66 bits per heavy atom. The molecule has 1 saturated heterocycles. The predicted octanol–water partition coefficient (Wildman–Crippen LogP) is 4.41. The molecule has 0 atom stereocenters. The van der Waals surface area contributed by atoms with Crippen LogP contribution in [0.1, 0.15) is 32.3 Å². The first kappa shape index (κ1) is 22.5. The number of likely N-dealkylation sites (tertiary alicyclic amines) is 1. The van der Waals surface area contributed by atoms with E-state index < -0.39 is 0 Å². The molecule has 1 fully saturated rings. The number of aryl methyl sites for hydroxylation is 1. The SMILES string of the molecule is Cc1cnc2nc(Oc3ccc(OCCN4CCC(NC(=O)C(C)C)CC4)cc3)sc2c1. The van der Waals surface area contributed by atoms with Gasteiger partial charge in [0.15, 0.2) is 5.65 Å². The highest BCUT2D eigenvalue weighted by atomic mass is 32.1. The zero-order valence-corrected chi connectivity index (χ0v) is 19.7. The van der Waals surface area contributed by atoms with Gasteiger partial charge in [-0.05, 0) is 55.7 Å². The Labute approximate surface area is 192 Å². The van der Waals surface area contributed by atoms with Gasteiger partial charge in [0, 0.05) is 37.8 Å². The van der Waals surface area contributed by atoms with Gasteiger partial charge in [0.1, 0.15) is 18.1 Å². The summed E-state index contributed by atoms with van der Waals surface area (Å²) < 4.78 is 12.8. The molecule has 32 heavy (non-hydrogen) atoms. The molecule has 0 bridgehead atoms. The van der Waals surface area contributed by atoms with Crippen LogP contribution in [0, 0.1) is 12.8 Å². The molecule has 0 unspecified atom stereocenters. The molecular weight excluding hydrogens is 424 g/mol. The first-order valence-corrected chi connectivity index (χ1v) is 11.9. The number of carbonyl (C=O) groups is 1. The lowest BCUT2D eigenvalue weighted by Gasteiger charge is -2.32. The van der Waals surface area contributed by atoms with Gasteiger partial charge < -0.3 is 14.8 Å². The highest BCUT2D eigenvalue weighted by molar-refractivity contribution is 7.20. The van der Waals surface area contributed by atoms with Gasteiger partial charge in [-0.1, -0.05) is 25.2 Å². The number of carbonyl (C=O) groups excluding carboxylic acids is 1. The Hall–Kier alpha value is -2.71. The van der Waals surface area contributed by atoms with E-state index in [1.807, 2.05) is 51.2 Å². The summed E-state index contributed by atoms with van der Waals surface area (Å²) in [6.07, 6.45) is 3.79. The first-order chi connectivity index (χ1) is 15.5. The predicted molar refractivity (Wildman–Crippen MR) is 127 cm³/mol. The van der Waals surface area contributed by atoms with E-state index >= 15 is 0 Å². The topological polar surface area (TPSA) is 76.6 Å². The Morgan fingerprint density at radius 2 is 1.94 bits per heavy atom. The fourth-order valence-corrected chi connectivity index (χ4v) is 4.50. The van der Waals surface area contributed by atoms with Crippen molar-refractivity contribution in [3.63, 3.8) is 0 Å². The monoisotopic (exact) mass is 454 g/mol. The van der Waals surface area contributed by atoms with Crippen LogP contribution in [-0.2, 0) is 4.79 Å². The highest BCUT2D eigenvalue weighted by Gasteiger charge is 2.21. The van der Waals surface area contributed by atoms with E-state index in [0.717, 1.165) is 54.2 Å². The number of piperidine rings is 1. The van der Waals surface area contributed by atoms with Crippen LogP contribution in [0.4, 0.5) is 0 Å². The summed E-state index contributed by atoms with van der Waals surface area (Å²) in [5, 5.41) is 3.72. The second-order valence-electron chi connectivity index (χ2n) is 8.52. The van der Waals surface area contributed by atoms with E-state index in [4.69, 9.17) is 9.47 Å². The van der Waals surface area contributed by atoms with Crippen LogP contribution in [0.2, 0.25) is 0 Å². The zero-order chi connectivity index (χ0) is 22.5. The third-order valence-electron chi connectivity index (χ3n) is 5.53. The summed E-state index contributed by atoms with van der Waals surface area (Å²) in [6.45, 7) is 9.35. The number of amides is 1. The summed E-state index contributed by atoms with van der Waals surface area (Å²) in [4.78, 5) is 23.0. The number of fused-ring (bicyclic) bond motifs is 1. The largest absolute Gasteiger partial charge is 0.492 e. The summed E-state index contributed by atoms with van der Waals surface area (Å²) >= 11 is 1.49. The molecule has 1 amide bonds. The maximum absolute atomic E-state index is 11.8. The Kier molecular flexibility index (Phi) is 7.22. The molecule has 1 aliphatic rings. The van der Waals surface area contributed by atoms with Crippen LogP contribution in [0.15, 0.2) is 36.5 Å². The van der Waals surface area contributed by atoms with Crippen molar-refractivity contribution >= 4 is 27.6 Å². The quantitative estimate of drug-likeness (QED) is 0.543. The molecule has 1 aromatic carbocycles. The molecule has 170 valence electrons. The van der Waals surface area contributed by atoms with Crippen LogP contribution >= 0.6 is 11.3 Å². The van der Waals surface area contributed by atoms with Crippen molar-refractivity contribution in [1.82, 2.24) is 20.2 Å². The minimum absolute atomic E-state index is 0.0423. The molecule has 7 nitrogen and oxygen atoms in total. The molecule has 8 heteroatoms. The van der Waals surface area contributed by atoms with E-state index in [2.05, 4.69) is 26.3 Å². The van der Waals surface area contributed by atoms with Crippen LogP contribution in [0.3, 0.4) is 0 Å². The molecule has 3 heterocycles. The van der Waals surface area contributed by atoms with Gasteiger partial charge in [-0.15, -0.1) is 0 Å². The van der Waals surface area contributed by atoms with Crippen LogP contribution in [0.5, 0.6) is 16.7 Å². The van der Waals surface area contributed by atoms with Crippen molar-refractivity contribution in [2.45, 2.75) is 39.7 Å². The maximum Gasteiger partial charge on any atom is 0.281 e. The third kappa shape index (κ3) is 5.95. The molecule has 4 rings (SSSR count). The minimum atomic E-state index is 0.0423. The van der Waals surface area contributed by atoms with Gasteiger partial charge >= 0.3 is 0 Å². The molecule has 1 N–H and O–H groups in total. The second-order valence-corrected chi connectivity index (χ2v) is 9.51. The minimum Gasteiger partial charge on any atom is -0.492 e. The number of nitrogens with zero attached hydrogens (tertiary/aromatic N) is 3. The van der Waals surface area contributed by atoms with Crippen molar-refractivity contribution in [2.75, 3.05) is 26.2 Å². The van der Waals surface area contributed by atoms with Gasteiger partial charge in [-0.3, -0.25) is 9.69 Å². The van der Waals surface area contributed by atoms with Crippen molar-refractivity contribution < 1.29 is 14.3 Å². The van der Waals surface area contributed by atoms with Gasteiger partial charge in [0.2, 0.25) is 5.91 Å². The average Bonchev–Trinajstić information content (AvgIpc) is 3.17. The highest BCUT2D eigenvalue weighted by Crippen LogP contribution is 2.31. The van der Waals surface area contributed by atoms with E-state index in [9.17, 15) is 4.79 Å². The molecule has 2 aromatic heterocycles. The molecule has 1 aliphatic heterocycles.